The number of carbonyl (C=O) groups is 1. The van der Waals surface area contributed by atoms with Crippen molar-refractivity contribution in [3.8, 4) is 10.6 Å². The molecule has 0 atom stereocenters. The van der Waals surface area contributed by atoms with E-state index in [9.17, 15) is 13.6 Å². The van der Waals surface area contributed by atoms with E-state index >= 15 is 0 Å². The third kappa shape index (κ3) is 4.07. The number of hydrogen-bond acceptors (Lipinski definition) is 5. The fraction of sp³-hybridized carbons (Fsp3) is 0.381. The molecular weight excluding hydrogens is 396 g/mol. The largest absolute Gasteiger partial charge is 0.444 e. The van der Waals surface area contributed by atoms with Crippen LogP contribution in [0.2, 0.25) is 0 Å². The molecule has 1 saturated carbocycles. The molecule has 1 aliphatic carbocycles. The van der Waals surface area contributed by atoms with Gasteiger partial charge < -0.3 is 10.1 Å². The van der Waals surface area contributed by atoms with Crippen LogP contribution in [0.3, 0.4) is 0 Å². The van der Waals surface area contributed by atoms with Crippen LogP contribution in [0.15, 0.2) is 35.8 Å². The Bertz CT molecular complexity index is 1060. The number of amides is 1. The lowest BCUT2D eigenvalue weighted by atomic mass is 9.96. The SMILES string of the molecule is CC(C)(C)OC(=O)NC1(c2cc(-c3nccs3)cc3nc(C(F)F)ccc23)CC1. The first-order valence-corrected chi connectivity index (χ1v) is 10.2. The van der Waals surface area contributed by atoms with Gasteiger partial charge in [-0.3, -0.25) is 0 Å². The number of thiazole rings is 1. The zero-order valence-electron chi connectivity index (χ0n) is 16.3. The number of fused-ring (bicyclic) bond motifs is 1. The smallest absolute Gasteiger partial charge is 0.408 e. The first-order valence-electron chi connectivity index (χ1n) is 9.31. The molecule has 29 heavy (non-hydrogen) atoms. The van der Waals surface area contributed by atoms with E-state index in [1.807, 2.05) is 11.4 Å². The van der Waals surface area contributed by atoms with Crippen LogP contribution in [0, 0.1) is 0 Å². The summed E-state index contributed by atoms with van der Waals surface area (Å²) in [5.41, 5.74) is 0.617. The van der Waals surface area contributed by atoms with Gasteiger partial charge in [-0.05, 0) is 57.4 Å². The van der Waals surface area contributed by atoms with Gasteiger partial charge in [-0.2, -0.15) is 0 Å². The van der Waals surface area contributed by atoms with Gasteiger partial charge in [-0.1, -0.05) is 6.07 Å². The van der Waals surface area contributed by atoms with Crippen LogP contribution in [-0.2, 0) is 10.3 Å². The lowest BCUT2D eigenvalue weighted by molar-refractivity contribution is 0.0495. The van der Waals surface area contributed by atoms with Crippen molar-refractivity contribution in [2.75, 3.05) is 0 Å². The van der Waals surface area contributed by atoms with Gasteiger partial charge in [0.15, 0.2) is 0 Å². The molecular formula is C21H21F2N3O2S. The monoisotopic (exact) mass is 417 g/mol. The van der Waals surface area contributed by atoms with E-state index in [1.54, 1.807) is 39.1 Å². The zero-order chi connectivity index (χ0) is 20.8. The number of halogens is 2. The van der Waals surface area contributed by atoms with Gasteiger partial charge in [0.1, 0.15) is 16.3 Å². The Morgan fingerprint density at radius 3 is 2.62 bits per heavy atom. The second-order valence-corrected chi connectivity index (χ2v) is 9.07. The summed E-state index contributed by atoms with van der Waals surface area (Å²) in [6.45, 7) is 5.42. The van der Waals surface area contributed by atoms with Gasteiger partial charge in [0.2, 0.25) is 0 Å². The fourth-order valence-corrected chi connectivity index (χ4v) is 3.97. The number of alkyl halides is 2. The second kappa shape index (κ2) is 7.02. The summed E-state index contributed by atoms with van der Waals surface area (Å²) in [6, 6.07) is 6.73. The zero-order valence-corrected chi connectivity index (χ0v) is 17.1. The van der Waals surface area contributed by atoms with Crippen molar-refractivity contribution in [3.63, 3.8) is 0 Å². The highest BCUT2D eigenvalue weighted by atomic mass is 32.1. The molecule has 1 fully saturated rings. The Balaban J connectivity index is 1.81. The summed E-state index contributed by atoms with van der Waals surface area (Å²) >= 11 is 1.46. The van der Waals surface area contributed by atoms with Crippen LogP contribution in [0.5, 0.6) is 0 Å². The van der Waals surface area contributed by atoms with E-state index in [0.29, 0.717) is 5.52 Å². The highest BCUT2D eigenvalue weighted by molar-refractivity contribution is 7.13. The minimum Gasteiger partial charge on any atom is -0.444 e. The highest BCUT2D eigenvalue weighted by Crippen LogP contribution is 2.49. The molecule has 0 aliphatic heterocycles. The summed E-state index contributed by atoms with van der Waals surface area (Å²) < 4.78 is 31.8. The molecule has 1 aromatic carbocycles. The molecule has 0 unspecified atom stereocenters. The average molecular weight is 417 g/mol. The van der Waals surface area contributed by atoms with Gasteiger partial charge in [-0.15, -0.1) is 11.3 Å². The molecule has 2 aromatic heterocycles. The standard InChI is InChI=1S/C21H21F2N3O2S/c1-20(2,3)28-19(27)26-21(6-7-21)14-10-12(18-24-8-9-29-18)11-16-13(14)4-5-15(25-16)17(22)23/h4-5,8-11,17H,6-7H2,1-3H3,(H,26,27). The summed E-state index contributed by atoms with van der Waals surface area (Å²) in [6.07, 6.45) is 0.0122. The first-order chi connectivity index (χ1) is 13.7. The average Bonchev–Trinajstić information content (AvgIpc) is 3.19. The van der Waals surface area contributed by atoms with Crippen LogP contribution in [-0.4, -0.2) is 21.7 Å². The minimum atomic E-state index is -2.65. The molecule has 1 amide bonds. The van der Waals surface area contributed by atoms with Crippen LogP contribution in [0.4, 0.5) is 13.6 Å². The van der Waals surface area contributed by atoms with Crippen LogP contribution < -0.4 is 5.32 Å². The predicted molar refractivity (Wildman–Crippen MR) is 108 cm³/mol. The van der Waals surface area contributed by atoms with Gasteiger partial charge >= 0.3 is 6.09 Å². The van der Waals surface area contributed by atoms with E-state index in [1.165, 1.54) is 17.4 Å². The first kappa shape index (κ1) is 19.7. The van der Waals surface area contributed by atoms with Crippen molar-refractivity contribution < 1.29 is 18.3 Å². The van der Waals surface area contributed by atoms with E-state index in [4.69, 9.17) is 4.74 Å². The van der Waals surface area contributed by atoms with E-state index < -0.39 is 23.7 Å². The van der Waals surface area contributed by atoms with Crippen LogP contribution in [0.25, 0.3) is 21.5 Å². The number of nitrogens with zero attached hydrogens (tertiary/aromatic N) is 2. The molecule has 0 saturated heterocycles. The predicted octanol–water partition coefficient (Wildman–Crippen LogP) is 5.81. The number of nitrogens with one attached hydrogen (secondary N) is 1. The lowest BCUT2D eigenvalue weighted by Gasteiger charge is -2.25. The van der Waals surface area contributed by atoms with Gasteiger partial charge in [-0.25, -0.2) is 23.5 Å². The minimum absolute atomic E-state index is 0.273. The molecule has 8 heteroatoms. The summed E-state index contributed by atoms with van der Waals surface area (Å²) in [5.74, 6) is 0. The molecule has 1 N–H and O–H groups in total. The van der Waals surface area contributed by atoms with E-state index in [2.05, 4.69) is 15.3 Å². The summed E-state index contributed by atoms with van der Waals surface area (Å²) in [7, 11) is 0. The maximum atomic E-state index is 13.2. The van der Waals surface area contributed by atoms with Gasteiger partial charge in [0.25, 0.3) is 6.43 Å². The van der Waals surface area contributed by atoms with Crippen molar-refractivity contribution in [2.45, 2.75) is 51.2 Å². The molecule has 3 aromatic rings. The van der Waals surface area contributed by atoms with Crippen LogP contribution >= 0.6 is 11.3 Å². The third-order valence-corrected chi connectivity index (χ3v) is 5.56. The lowest BCUT2D eigenvalue weighted by Crippen LogP contribution is -2.39. The Kier molecular flexibility index (Phi) is 4.77. The number of rotatable bonds is 4. The van der Waals surface area contributed by atoms with Crippen molar-refractivity contribution in [1.29, 1.82) is 0 Å². The molecule has 152 valence electrons. The fourth-order valence-electron chi connectivity index (χ4n) is 3.34. The van der Waals surface area contributed by atoms with E-state index in [-0.39, 0.29) is 5.69 Å². The van der Waals surface area contributed by atoms with Crippen molar-refractivity contribution in [3.05, 3.63) is 47.1 Å². The number of carbonyl (C=O) groups excluding carboxylic acids is 1. The van der Waals surface area contributed by atoms with Crippen molar-refractivity contribution in [2.24, 2.45) is 0 Å². The molecule has 5 nitrogen and oxygen atoms in total. The number of benzene rings is 1. The summed E-state index contributed by atoms with van der Waals surface area (Å²) in [4.78, 5) is 20.9. The topological polar surface area (TPSA) is 64.1 Å². The Morgan fingerprint density at radius 2 is 2.03 bits per heavy atom. The van der Waals surface area contributed by atoms with Crippen LogP contribution in [0.1, 0.15) is 51.3 Å². The normalized spacial score (nSPS) is 15.5. The molecule has 0 spiro atoms. The number of ether oxygens (including phenoxy) is 1. The third-order valence-electron chi connectivity index (χ3n) is 4.74. The molecule has 0 bridgehead atoms. The van der Waals surface area contributed by atoms with E-state index in [0.717, 1.165) is 34.4 Å². The molecule has 0 radical (unpaired) electrons. The number of alkyl carbamates (subject to hydrolysis) is 1. The Labute approximate surface area is 171 Å². The Morgan fingerprint density at radius 1 is 1.28 bits per heavy atom. The Hall–Kier alpha value is -2.61. The van der Waals surface area contributed by atoms with Crippen molar-refractivity contribution >= 4 is 28.3 Å². The van der Waals surface area contributed by atoms with Gasteiger partial charge in [0.05, 0.1) is 11.1 Å². The molecule has 1 aliphatic rings. The quantitative estimate of drug-likeness (QED) is 0.582. The summed E-state index contributed by atoms with van der Waals surface area (Å²) in [5, 5.41) is 6.35. The molecule has 4 rings (SSSR count). The maximum absolute atomic E-state index is 13.2. The highest BCUT2D eigenvalue weighted by Gasteiger charge is 2.48. The van der Waals surface area contributed by atoms with Gasteiger partial charge in [0, 0.05) is 22.5 Å². The molecule has 2 heterocycles. The maximum Gasteiger partial charge on any atom is 0.408 e. The second-order valence-electron chi connectivity index (χ2n) is 8.17. The number of aromatic nitrogens is 2. The number of hydrogen-bond donors (Lipinski definition) is 1. The number of pyridine rings is 1. The van der Waals surface area contributed by atoms with Crippen molar-refractivity contribution in [1.82, 2.24) is 15.3 Å².